The Hall–Kier alpha value is -3.47. The SMILES string of the molecule is CCc1cccc(C)c1NC(=O)c1cccc(C(=O)N(C)c2ccccc2)n1. The molecule has 0 unspecified atom stereocenters. The highest BCUT2D eigenvalue weighted by Crippen LogP contribution is 2.22. The lowest BCUT2D eigenvalue weighted by Gasteiger charge is -2.17. The van der Waals surface area contributed by atoms with Gasteiger partial charge < -0.3 is 10.2 Å². The topological polar surface area (TPSA) is 62.3 Å². The quantitative estimate of drug-likeness (QED) is 0.717. The van der Waals surface area contributed by atoms with Crippen LogP contribution in [0.4, 0.5) is 11.4 Å². The predicted molar refractivity (Wildman–Crippen MR) is 112 cm³/mol. The maximum atomic E-state index is 12.8. The van der Waals surface area contributed by atoms with Crippen LogP contribution in [0.25, 0.3) is 0 Å². The van der Waals surface area contributed by atoms with Crippen LogP contribution < -0.4 is 10.2 Å². The minimum atomic E-state index is -0.332. The van der Waals surface area contributed by atoms with E-state index in [1.165, 1.54) is 4.90 Å². The molecule has 0 aliphatic carbocycles. The third-order valence-electron chi connectivity index (χ3n) is 4.63. The second-order valence-electron chi connectivity index (χ2n) is 6.52. The predicted octanol–water partition coefficient (Wildman–Crippen LogP) is 4.48. The number of carbonyl (C=O) groups excluding carboxylic acids is 2. The van der Waals surface area contributed by atoms with Crippen molar-refractivity contribution in [1.82, 2.24) is 4.98 Å². The monoisotopic (exact) mass is 373 g/mol. The maximum absolute atomic E-state index is 12.8. The van der Waals surface area contributed by atoms with Crippen molar-refractivity contribution in [3.05, 3.63) is 89.2 Å². The molecule has 0 saturated carbocycles. The third-order valence-corrected chi connectivity index (χ3v) is 4.63. The van der Waals surface area contributed by atoms with E-state index in [9.17, 15) is 9.59 Å². The molecule has 0 aliphatic rings. The van der Waals surface area contributed by atoms with Gasteiger partial charge in [-0.15, -0.1) is 0 Å². The molecule has 0 saturated heterocycles. The van der Waals surface area contributed by atoms with E-state index in [-0.39, 0.29) is 23.2 Å². The average Bonchev–Trinajstić information content (AvgIpc) is 2.74. The van der Waals surface area contributed by atoms with Crippen molar-refractivity contribution in [1.29, 1.82) is 0 Å². The van der Waals surface area contributed by atoms with E-state index in [1.807, 2.05) is 62.4 Å². The van der Waals surface area contributed by atoms with Gasteiger partial charge in [0.1, 0.15) is 11.4 Å². The van der Waals surface area contributed by atoms with Gasteiger partial charge in [0.2, 0.25) is 0 Å². The zero-order chi connectivity index (χ0) is 20.1. The summed E-state index contributed by atoms with van der Waals surface area (Å²) in [5, 5.41) is 2.95. The van der Waals surface area contributed by atoms with Crippen LogP contribution in [0.15, 0.2) is 66.7 Å². The summed E-state index contributed by atoms with van der Waals surface area (Å²) in [6.45, 7) is 4.00. The van der Waals surface area contributed by atoms with Crippen LogP contribution >= 0.6 is 0 Å². The van der Waals surface area contributed by atoms with Crippen LogP contribution in [0, 0.1) is 6.92 Å². The van der Waals surface area contributed by atoms with Gasteiger partial charge in [-0.2, -0.15) is 0 Å². The fraction of sp³-hybridized carbons (Fsp3) is 0.174. The number of para-hydroxylation sites is 2. The first-order chi connectivity index (χ1) is 13.5. The van der Waals surface area contributed by atoms with Crippen LogP contribution in [0.2, 0.25) is 0 Å². The lowest BCUT2D eigenvalue weighted by molar-refractivity contribution is 0.0988. The molecular weight excluding hydrogens is 350 g/mol. The van der Waals surface area contributed by atoms with Crippen molar-refractivity contribution >= 4 is 23.2 Å². The molecule has 0 radical (unpaired) electrons. The van der Waals surface area contributed by atoms with Crippen molar-refractivity contribution < 1.29 is 9.59 Å². The summed E-state index contributed by atoms with van der Waals surface area (Å²) in [6.07, 6.45) is 0.811. The molecule has 2 amide bonds. The smallest absolute Gasteiger partial charge is 0.276 e. The Kier molecular flexibility index (Phi) is 5.84. The lowest BCUT2D eigenvalue weighted by Crippen LogP contribution is -2.28. The van der Waals surface area contributed by atoms with Gasteiger partial charge in [0, 0.05) is 18.4 Å². The van der Waals surface area contributed by atoms with Gasteiger partial charge in [-0.05, 0) is 48.7 Å². The second-order valence-corrected chi connectivity index (χ2v) is 6.52. The zero-order valence-electron chi connectivity index (χ0n) is 16.3. The first-order valence-electron chi connectivity index (χ1n) is 9.21. The van der Waals surface area contributed by atoms with Crippen LogP contribution in [0.3, 0.4) is 0 Å². The number of nitrogens with zero attached hydrogens (tertiary/aromatic N) is 2. The molecule has 5 heteroatoms. The van der Waals surface area contributed by atoms with Gasteiger partial charge in [0.15, 0.2) is 0 Å². The van der Waals surface area contributed by atoms with Gasteiger partial charge in [-0.3, -0.25) is 9.59 Å². The molecule has 0 spiro atoms. The van der Waals surface area contributed by atoms with E-state index in [0.29, 0.717) is 0 Å². The molecule has 3 rings (SSSR count). The number of hydrogen-bond donors (Lipinski definition) is 1. The molecule has 0 bridgehead atoms. The highest BCUT2D eigenvalue weighted by molar-refractivity contribution is 6.07. The third kappa shape index (κ3) is 4.09. The van der Waals surface area contributed by atoms with Crippen LogP contribution in [-0.4, -0.2) is 23.8 Å². The molecule has 1 heterocycles. The number of benzene rings is 2. The molecule has 0 atom stereocenters. The Balaban J connectivity index is 1.83. The molecular formula is C23H23N3O2. The van der Waals surface area contributed by atoms with E-state index in [2.05, 4.69) is 10.3 Å². The van der Waals surface area contributed by atoms with Gasteiger partial charge in [-0.25, -0.2) is 4.98 Å². The summed E-state index contributed by atoms with van der Waals surface area (Å²) >= 11 is 0. The summed E-state index contributed by atoms with van der Waals surface area (Å²) < 4.78 is 0. The molecule has 3 aromatic rings. The van der Waals surface area contributed by atoms with E-state index < -0.39 is 0 Å². The summed E-state index contributed by atoms with van der Waals surface area (Å²) in [5.41, 5.74) is 4.04. The Morgan fingerprint density at radius 1 is 0.929 bits per heavy atom. The summed E-state index contributed by atoms with van der Waals surface area (Å²) in [7, 11) is 1.69. The first kappa shape index (κ1) is 19.3. The number of aryl methyl sites for hydroxylation is 2. The summed E-state index contributed by atoms with van der Waals surface area (Å²) in [5.74, 6) is -0.605. The Morgan fingerprint density at radius 3 is 2.32 bits per heavy atom. The number of amides is 2. The van der Waals surface area contributed by atoms with E-state index in [1.54, 1.807) is 25.2 Å². The van der Waals surface area contributed by atoms with Crippen molar-refractivity contribution in [2.75, 3.05) is 17.3 Å². The van der Waals surface area contributed by atoms with Crippen LogP contribution in [0.1, 0.15) is 39.0 Å². The van der Waals surface area contributed by atoms with Crippen molar-refractivity contribution in [2.45, 2.75) is 20.3 Å². The molecule has 1 N–H and O–H groups in total. The molecule has 0 fully saturated rings. The highest BCUT2D eigenvalue weighted by atomic mass is 16.2. The lowest BCUT2D eigenvalue weighted by atomic mass is 10.1. The van der Waals surface area contributed by atoms with Crippen LogP contribution in [0.5, 0.6) is 0 Å². The van der Waals surface area contributed by atoms with Crippen molar-refractivity contribution in [2.24, 2.45) is 0 Å². The largest absolute Gasteiger partial charge is 0.320 e. The average molecular weight is 373 g/mol. The molecule has 142 valence electrons. The number of aromatic nitrogens is 1. The number of pyridine rings is 1. The van der Waals surface area contributed by atoms with Gasteiger partial charge in [0.05, 0.1) is 0 Å². The molecule has 1 aromatic heterocycles. The number of hydrogen-bond acceptors (Lipinski definition) is 3. The number of rotatable bonds is 5. The fourth-order valence-electron chi connectivity index (χ4n) is 3.00. The summed E-state index contributed by atoms with van der Waals surface area (Å²) in [4.78, 5) is 31.3. The van der Waals surface area contributed by atoms with Crippen molar-refractivity contribution in [3.8, 4) is 0 Å². The standard InChI is InChI=1S/C23H23N3O2/c1-4-17-11-8-10-16(2)21(17)25-22(27)19-14-9-15-20(24-19)23(28)26(3)18-12-6-5-7-13-18/h5-15H,4H2,1-3H3,(H,25,27). The van der Waals surface area contributed by atoms with Crippen molar-refractivity contribution in [3.63, 3.8) is 0 Å². The highest BCUT2D eigenvalue weighted by Gasteiger charge is 2.18. The summed E-state index contributed by atoms with van der Waals surface area (Å²) in [6, 6.07) is 20.1. The number of nitrogens with one attached hydrogen (secondary N) is 1. The molecule has 0 aliphatic heterocycles. The van der Waals surface area contributed by atoms with E-state index in [4.69, 9.17) is 0 Å². The minimum absolute atomic E-state index is 0.206. The number of carbonyl (C=O) groups is 2. The Labute approximate surface area is 165 Å². The van der Waals surface area contributed by atoms with Gasteiger partial charge in [-0.1, -0.05) is 49.4 Å². The molecule has 2 aromatic carbocycles. The van der Waals surface area contributed by atoms with Gasteiger partial charge >= 0.3 is 0 Å². The zero-order valence-corrected chi connectivity index (χ0v) is 16.3. The fourth-order valence-corrected chi connectivity index (χ4v) is 3.00. The second kappa shape index (κ2) is 8.48. The Morgan fingerprint density at radius 2 is 1.61 bits per heavy atom. The van der Waals surface area contributed by atoms with E-state index in [0.717, 1.165) is 28.9 Å². The maximum Gasteiger partial charge on any atom is 0.276 e. The van der Waals surface area contributed by atoms with Gasteiger partial charge in [0.25, 0.3) is 11.8 Å². The minimum Gasteiger partial charge on any atom is -0.320 e. The normalized spacial score (nSPS) is 10.4. The molecule has 28 heavy (non-hydrogen) atoms. The molecule has 5 nitrogen and oxygen atoms in total. The van der Waals surface area contributed by atoms with Crippen LogP contribution in [-0.2, 0) is 6.42 Å². The Bertz CT molecular complexity index is 1000. The first-order valence-corrected chi connectivity index (χ1v) is 9.21. The van der Waals surface area contributed by atoms with E-state index >= 15 is 0 Å². The number of anilines is 2.